The van der Waals surface area contributed by atoms with Gasteiger partial charge in [0.05, 0.1) is 12.7 Å². The Labute approximate surface area is 99.9 Å². The fraction of sp³-hybridized carbons (Fsp3) is 1.00. The van der Waals surface area contributed by atoms with Crippen molar-refractivity contribution in [2.75, 3.05) is 6.61 Å². The SMILES string of the molecule is CC1CCCC(OCC2(N)CCCCC2)C1. The predicted octanol–water partition coefficient (Wildman–Crippen LogP) is 3.24. The van der Waals surface area contributed by atoms with E-state index in [4.69, 9.17) is 10.5 Å². The Balaban J connectivity index is 1.73. The van der Waals surface area contributed by atoms with Crippen LogP contribution in [0.5, 0.6) is 0 Å². The van der Waals surface area contributed by atoms with Gasteiger partial charge < -0.3 is 10.5 Å². The minimum atomic E-state index is -0.00106. The topological polar surface area (TPSA) is 35.2 Å². The zero-order valence-corrected chi connectivity index (χ0v) is 10.7. The number of nitrogens with two attached hydrogens (primary N) is 1. The summed E-state index contributed by atoms with van der Waals surface area (Å²) in [5.74, 6) is 0.846. The van der Waals surface area contributed by atoms with Crippen molar-refractivity contribution in [3.63, 3.8) is 0 Å². The van der Waals surface area contributed by atoms with Gasteiger partial charge in [-0.25, -0.2) is 0 Å². The van der Waals surface area contributed by atoms with Gasteiger partial charge in [-0.1, -0.05) is 39.0 Å². The smallest absolute Gasteiger partial charge is 0.0649 e. The number of hydrogen-bond acceptors (Lipinski definition) is 2. The summed E-state index contributed by atoms with van der Waals surface area (Å²) in [5.41, 5.74) is 6.38. The van der Waals surface area contributed by atoms with E-state index in [1.54, 1.807) is 0 Å². The van der Waals surface area contributed by atoms with E-state index in [0.29, 0.717) is 6.10 Å². The van der Waals surface area contributed by atoms with Crippen LogP contribution in [0, 0.1) is 5.92 Å². The van der Waals surface area contributed by atoms with Crippen molar-refractivity contribution in [1.29, 1.82) is 0 Å². The molecule has 0 aliphatic heterocycles. The van der Waals surface area contributed by atoms with Crippen molar-refractivity contribution < 1.29 is 4.74 Å². The Morgan fingerprint density at radius 1 is 1.12 bits per heavy atom. The first-order valence-electron chi connectivity index (χ1n) is 7.08. The molecular formula is C14H27NO. The number of hydrogen-bond donors (Lipinski definition) is 1. The first-order chi connectivity index (χ1) is 7.68. The van der Waals surface area contributed by atoms with Crippen LogP contribution in [0.4, 0.5) is 0 Å². The van der Waals surface area contributed by atoms with E-state index >= 15 is 0 Å². The molecule has 0 aromatic heterocycles. The summed E-state index contributed by atoms with van der Waals surface area (Å²) in [6.07, 6.45) is 12.0. The van der Waals surface area contributed by atoms with Crippen LogP contribution in [-0.4, -0.2) is 18.2 Å². The first-order valence-corrected chi connectivity index (χ1v) is 7.08. The van der Waals surface area contributed by atoms with Gasteiger partial charge in [0.15, 0.2) is 0 Å². The maximum absolute atomic E-state index is 6.39. The Hall–Kier alpha value is -0.0800. The van der Waals surface area contributed by atoms with E-state index in [1.807, 2.05) is 0 Å². The van der Waals surface area contributed by atoms with Gasteiger partial charge in [0, 0.05) is 5.54 Å². The summed E-state index contributed by atoms with van der Waals surface area (Å²) in [4.78, 5) is 0. The summed E-state index contributed by atoms with van der Waals surface area (Å²) < 4.78 is 6.07. The normalized spacial score (nSPS) is 34.9. The summed E-state index contributed by atoms with van der Waals surface area (Å²) >= 11 is 0. The van der Waals surface area contributed by atoms with E-state index in [1.165, 1.54) is 44.9 Å². The molecule has 0 radical (unpaired) electrons. The maximum Gasteiger partial charge on any atom is 0.0649 e. The molecule has 0 aromatic carbocycles. The van der Waals surface area contributed by atoms with Crippen molar-refractivity contribution in [2.45, 2.75) is 76.4 Å². The minimum Gasteiger partial charge on any atom is -0.376 e. The highest BCUT2D eigenvalue weighted by Crippen LogP contribution is 2.29. The second-order valence-corrected chi connectivity index (χ2v) is 6.13. The quantitative estimate of drug-likeness (QED) is 0.800. The van der Waals surface area contributed by atoms with Gasteiger partial charge in [-0.2, -0.15) is 0 Å². The highest BCUT2D eigenvalue weighted by Gasteiger charge is 2.29. The van der Waals surface area contributed by atoms with Crippen LogP contribution in [0.3, 0.4) is 0 Å². The monoisotopic (exact) mass is 225 g/mol. The Morgan fingerprint density at radius 2 is 1.88 bits per heavy atom. The Kier molecular flexibility index (Phi) is 4.26. The van der Waals surface area contributed by atoms with E-state index in [0.717, 1.165) is 25.4 Å². The summed E-state index contributed by atoms with van der Waals surface area (Å²) in [6.45, 7) is 3.14. The molecule has 16 heavy (non-hydrogen) atoms. The fourth-order valence-corrected chi connectivity index (χ4v) is 3.21. The molecule has 0 saturated heterocycles. The zero-order valence-electron chi connectivity index (χ0n) is 10.7. The maximum atomic E-state index is 6.39. The van der Waals surface area contributed by atoms with Crippen LogP contribution in [0.2, 0.25) is 0 Å². The van der Waals surface area contributed by atoms with Gasteiger partial charge >= 0.3 is 0 Å². The molecule has 2 fully saturated rings. The lowest BCUT2D eigenvalue weighted by Crippen LogP contribution is -2.47. The van der Waals surface area contributed by atoms with Crippen LogP contribution < -0.4 is 5.73 Å². The first kappa shape index (κ1) is 12.4. The standard InChI is InChI=1S/C14H27NO/c1-12-6-5-7-13(10-12)16-11-14(15)8-3-2-4-9-14/h12-13H,2-11,15H2,1H3. The molecule has 0 spiro atoms. The predicted molar refractivity (Wildman–Crippen MR) is 67.4 cm³/mol. The van der Waals surface area contributed by atoms with Crippen molar-refractivity contribution in [3.8, 4) is 0 Å². The van der Waals surface area contributed by atoms with Crippen LogP contribution in [0.15, 0.2) is 0 Å². The van der Waals surface area contributed by atoms with Crippen LogP contribution in [0.1, 0.15) is 64.7 Å². The molecule has 2 aliphatic carbocycles. The minimum absolute atomic E-state index is 0.00106. The summed E-state index contributed by atoms with van der Waals surface area (Å²) in [6, 6.07) is 0. The third-order valence-corrected chi connectivity index (χ3v) is 4.34. The molecule has 2 unspecified atom stereocenters. The second kappa shape index (κ2) is 5.50. The van der Waals surface area contributed by atoms with Gasteiger partial charge in [-0.05, 0) is 31.6 Å². The third-order valence-electron chi connectivity index (χ3n) is 4.34. The zero-order chi connectivity index (χ0) is 11.4. The highest BCUT2D eigenvalue weighted by atomic mass is 16.5. The molecule has 0 bridgehead atoms. The van der Waals surface area contributed by atoms with Gasteiger partial charge in [-0.15, -0.1) is 0 Å². The average molecular weight is 225 g/mol. The Morgan fingerprint density at radius 3 is 2.56 bits per heavy atom. The van der Waals surface area contributed by atoms with Crippen LogP contribution >= 0.6 is 0 Å². The van der Waals surface area contributed by atoms with Crippen molar-refractivity contribution >= 4 is 0 Å². The van der Waals surface area contributed by atoms with Gasteiger partial charge in [0.1, 0.15) is 0 Å². The van der Waals surface area contributed by atoms with Crippen LogP contribution in [0.25, 0.3) is 0 Å². The van der Waals surface area contributed by atoms with Gasteiger partial charge in [-0.3, -0.25) is 0 Å². The molecule has 2 aliphatic rings. The summed E-state index contributed by atoms with van der Waals surface area (Å²) in [7, 11) is 0. The molecule has 2 rings (SSSR count). The van der Waals surface area contributed by atoms with E-state index < -0.39 is 0 Å². The van der Waals surface area contributed by atoms with Crippen molar-refractivity contribution in [1.82, 2.24) is 0 Å². The van der Waals surface area contributed by atoms with E-state index in [9.17, 15) is 0 Å². The highest BCUT2D eigenvalue weighted by molar-refractivity contribution is 4.87. The lowest BCUT2D eigenvalue weighted by molar-refractivity contribution is -0.0176. The second-order valence-electron chi connectivity index (χ2n) is 6.13. The Bertz CT molecular complexity index is 211. The summed E-state index contributed by atoms with van der Waals surface area (Å²) in [5, 5.41) is 0. The molecule has 2 saturated carbocycles. The van der Waals surface area contributed by atoms with Gasteiger partial charge in [0.25, 0.3) is 0 Å². The molecule has 0 heterocycles. The molecule has 2 heteroatoms. The molecular weight excluding hydrogens is 198 g/mol. The van der Waals surface area contributed by atoms with E-state index in [2.05, 4.69) is 6.92 Å². The fourth-order valence-electron chi connectivity index (χ4n) is 3.21. The van der Waals surface area contributed by atoms with Gasteiger partial charge in [0.2, 0.25) is 0 Å². The molecule has 2 nitrogen and oxygen atoms in total. The van der Waals surface area contributed by atoms with E-state index in [-0.39, 0.29) is 5.54 Å². The molecule has 94 valence electrons. The lowest BCUT2D eigenvalue weighted by Gasteiger charge is -2.36. The third kappa shape index (κ3) is 3.46. The largest absolute Gasteiger partial charge is 0.376 e. The molecule has 0 aromatic rings. The molecule has 2 N–H and O–H groups in total. The van der Waals surface area contributed by atoms with Crippen LogP contribution in [-0.2, 0) is 4.74 Å². The average Bonchev–Trinajstić information content (AvgIpc) is 2.28. The number of ether oxygens (including phenoxy) is 1. The number of rotatable bonds is 3. The van der Waals surface area contributed by atoms with Crippen molar-refractivity contribution in [2.24, 2.45) is 11.7 Å². The lowest BCUT2D eigenvalue weighted by atomic mass is 9.83. The van der Waals surface area contributed by atoms with Crippen molar-refractivity contribution in [3.05, 3.63) is 0 Å². The molecule has 2 atom stereocenters. The molecule has 0 amide bonds.